The molecule has 5 nitrogen and oxygen atoms in total. The van der Waals surface area contributed by atoms with Gasteiger partial charge in [0, 0.05) is 49.4 Å². The molecular weight excluding hydrogens is 566 g/mol. The lowest BCUT2D eigenvalue weighted by Gasteiger charge is -2.38. The number of piperazine rings is 1. The van der Waals surface area contributed by atoms with Crippen LogP contribution >= 0.6 is 11.6 Å². The number of halogens is 1. The summed E-state index contributed by atoms with van der Waals surface area (Å²) in [6.45, 7) is 26.6. The quantitative estimate of drug-likeness (QED) is 0.135. The summed E-state index contributed by atoms with van der Waals surface area (Å²) in [7, 11) is 0. The summed E-state index contributed by atoms with van der Waals surface area (Å²) < 4.78 is 0. The van der Waals surface area contributed by atoms with E-state index in [-0.39, 0.29) is 11.7 Å². The molecule has 1 aliphatic rings. The number of Topliss-reactive ketones (excluding diaryl/α,β-unsaturated/α-hetero) is 1. The Bertz CT molecular complexity index is 1020. The minimum absolute atomic E-state index is 0.0267. The van der Waals surface area contributed by atoms with Crippen molar-refractivity contribution in [3.8, 4) is 0 Å². The molecule has 1 amide bonds. The van der Waals surface area contributed by atoms with E-state index in [1.165, 1.54) is 24.8 Å². The molecule has 0 aromatic heterocycles. The van der Waals surface area contributed by atoms with Crippen LogP contribution in [-0.4, -0.2) is 65.2 Å². The van der Waals surface area contributed by atoms with Crippen LogP contribution < -0.4 is 0 Å². The summed E-state index contributed by atoms with van der Waals surface area (Å²) in [4.78, 5) is 31.3. The molecule has 44 heavy (non-hydrogen) atoms. The Kier molecular flexibility index (Phi) is 23.6. The van der Waals surface area contributed by atoms with Crippen molar-refractivity contribution in [3.63, 3.8) is 0 Å². The standard InChI is InChI=1S/C28H49N3O2.C8H9Cl.C2H6/c1-8-11-12-16-27(26(7)32)31-21-20-30(22-25(31)6)28(33)17-14-19-29(24(5)10-3)18-13-15-23(4)9-2;1-2-7-5-3-4-6-8(7)9;1-2/h14,16-17,23-24H,6,8-13,15,18-22H2,1-5,7H3;3-6H,2H2,1H3;1-2H3/b17-14+,27-16-;;. The average Bonchev–Trinajstić information content (AvgIpc) is 3.03. The van der Waals surface area contributed by atoms with E-state index in [0.717, 1.165) is 67.5 Å². The van der Waals surface area contributed by atoms with E-state index >= 15 is 0 Å². The molecule has 2 rings (SSSR count). The van der Waals surface area contributed by atoms with E-state index in [2.05, 4.69) is 53.0 Å². The summed E-state index contributed by atoms with van der Waals surface area (Å²) in [5.74, 6) is 0.863. The first-order valence-corrected chi connectivity index (χ1v) is 17.6. The number of rotatable bonds is 16. The number of hydrogen-bond acceptors (Lipinski definition) is 4. The normalized spacial score (nSPS) is 15.0. The molecular formula is C38H64ClN3O2. The van der Waals surface area contributed by atoms with Crippen molar-refractivity contribution in [1.82, 2.24) is 14.7 Å². The lowest BCUT2D eigenvalue weighted by molar-refractivity contribution is -0.126. The highest BCUT2D eigenvalue weighted by molar-refractivity contribution is 6.31. The van der Waals surface area contributed by atoms with Crippen LogP contribution in [0.15, 0.2) is 60.5 Å². The molecule has 0 spiro atoms. The lowest BCUT2D eigenvalue weighted by atomic mass is 10.0. The van der Waals surface area contributed by atoms with Crippen molar-refractivity contribution in [2.45, 2.75) is 120 Å². The Hall–Kier alpha value is -2.37. The van der Waals surface area contributed by atoms with E-state index in [4.69, 9.17) is 11.6 Å². The molecule has 1 heterocycles. The smallest absolute Gasteiger partial charge is 0.246 e. The molecule has 2 atom stereocenters. The van der Waals surface area contributed by atoms with Gasteiger partial charge in [-0.2, -0.15) is 0 Å². The second-order valence-corrected chi connectivity index (χ2v) is 11.9. The zero-order chi connectivity index (χ0) is 33.5. The van der Waals surface area contributed by atoms with Gasteiger partial charge in [0.2, 0.25) is 5.91 Å². The molecule has 1 saturated heterocycles. The van der Waals surface area contributed by atoms with Crippen molar-refractivity contribution in [1.29, 1.82) is 0 Å². The Morgan fingerprint density at radius 2 is 1.73 bits per heavy atom. The monoisotopic (exact) mass is 629 g/mol. The average molecular weight is 630 g/mol. The third-order valence-corrected chi connectivity index (χ3v) is 8.57. The van der Waals surface area contributed by atoms with E-state index in [9.17, 15) is 9.59 Å². The number of carbonyl (C=O) groups excluding carboxylic acids is 2. The number of allylic oxidation sites excluding steroid dienone is 2. The number of hydrogen-bond donors (Lipinski definition) is 0. The Balaban J connectivity index is 0.00000141. The summed E-state index contributed by atoms with van der Waals surface area (Å²) in [6, 6.07) is 8.42. The predicted molar refractivity (Wildman–Crippen MR) is 192 cm³/mol. The first kappa shape index (κ1) is 41.6. The molecule has 0 saturated carbocycles. The zero-order valence-corrected chi connectivity index (χ0v) is 30.4. The molecule has 1 fully saturated rings. The van der Waals surface area contributed by atoms with Gasteiger partial charge in [0.05, 0.1) is 12.2 Å². The lowest BCUT2D eigenvalue weighted by Crippen LogP contribution is -2.46. The topological polar surface area (TPSA) is 43.9 Å². The maximum absolute atomic E-state index is 12.8. The van der Waals surface area contributed by atoms with E-state index in [1.807, 2.05) is 60.1 Å². The fourth-order valence-electron chi connectivity index (χ4n) is 4.91. The molecule has 250 valence electrons. The third kappa shape index (κ3) is 16.1. The molecule has 0 bridgehead atoms. The number of nitrogens with zero attached hydrogens (tertiary/aromatic N) is 3. The number of carbonyl (C=O) groups is 2. The number of ketones is 1. The minimum atomic E-state index is 0.0267. The van der Waals surface area contributed by atoms with Gasteiger partial charge < -0.3 is 9.80 Å². The maximum Gasteiger partial charge on any atom is 0.246 e. The molecule has 1 aliphatic heterocycles. The van der Waals surface area contributed by atoms with Crippen LogP contribution in [0.25, 0.3) is 0 Å². The van der Waals surface area contributed by atoms with Crippen molar-refractivity contribution >= 4 is 23.3 Å². The predicted octanol–water partition coefficient (Wildman–Crippen LogP) is 9.72. The summed E-state index contributed by atoms with van der Waals surface area (Å²) in [6.07, 6.45) is 14.6. The van der Waals surface area contributed by atoms with Crippen LogP contribution in [0.2, 0.25) is 5.02 Å². The van der Waals surface area contributed by atoms with Gasteiger partial charge in [-0.3, -0.25) is 14.5 Å². The number of aryl methyl sites for hydroxylation is 1. The maximum atomic E-state index is 12.8. The van der Waals surface area contributed by atoms with Crippen LogP contribution in [0.4, 0.5) is 0 Å². The highest BCUT2D eigenvalue weighted by Crippen LogP contribution is 2.20. The summed E-state index contributed by atoms with van der Waals surface area (Å²) in [5.41, 5.74) is 2.75. The van der Waals surface area contributed by atoms with E-state index in [1.54, 1.807) is 13.0 Å². The van der Waals surface area contributed by atoms with Crippen molar-refractivity contribution < 1.29 is 9.59 Å². The van der Waals surface area contributed by atoms with Gasteiger partial charge in [0.25, 0.3) is 0 Å². The van der Waals surface area contributed by atoms with Gasteiger partial charge in [-0.1, -0.05) is 110 Å². The number of unbranched alkanes of at least 4 members (excludes halogenated alkanes) is 2. The first-order valence-electron chi connectivity index (χ1n) is 17.2. The van der Waals surface area contributed by atoms with Crippen molar-refractivity contribution in [2.75, 3.05) is 32.7 Å². The number of amides is 1. The molecule has 0 aliphatic carbocycles. The minimum Gasteiger partial charge on any atom is -0.340 e. The van der Waals surface area contributed by atoms with Gasteiger partial charge in [0.15, 0.2) is 5.78 Å². The highest BCUT2D eigenvalue weighted by Gasteiger charge is 2.26. The first-order chi connectivity index (χ1) is 21.1. The SMILES string of the molecule is C=C1CN(C(=O)/C=C/CN(CCCC(C)CC)C(C)CC)CCN1/C(=C\CCCC)C(C)=O.CC.CCc1ccccc1Cl. The van der Waals surface area contributed by atoms with Crippen molar-refractivity contribution in [2.24, 2.45) is 5.92 Å². The van der Waals surface area contributed by atoms with Gasteiger partial charge in [-0.25, -0.2) is 0 Å². The Labute approximate surface area is 276 Å². The number of benzene rings is 1. The van der Waals surface area contributed by atoms with Gasteiger partial charge in [-0.05, 0) is 69.5 Å². The second-order valence-electron chi connectivity index (χ2n) is 11.5. The molecule has 6 heteroatoms. The Morgan fingerprint density at radius 1 is 1.05 bits per heavy atom. The highest BCUT2D eigenvalue weighted by atomic mass is 35.5. The third-order valence-electron chi connectivity index (χ3n) is 8.20. The Morgan fingerprint density at radius 3 is 2.25 bits per heavy atom. The van der Waals surface area contributed by atoms with E-state index in [0.29, 0.717) is 25.7 Å². The molecule has 0 radical (unpaired) electrons. The van der Waals surface area contributed by atoms with Gasteiger partial charge in [0.1, 0.15) is 0 Å². The van der Waals surface area contributed by atoms with Crippen LogP contribution in [0.5, 0.6) is 0 Å². The van der Waals surface area contributed by atoms with Gasteiger partial charge in [-0.15, -0.1) is 0 Å². The molecule has 2 unspecified atom stereocenters. The van der Waals surface area contributed by atoms with Crippen LogP contribution in [-0.2, 0) is 16.0 Å². The van der Waals surface area contributed by atoms with E-state index < -0.39 is 0 Å². The molecule has 1 aromatic carbocycles. The van der Waals surface area contributed by atoms with Crippen LogP contribution in [0.1, 0.15) is 113 Å². The van der Waals surface area contributed by atoms with Crippen molar-refractivity contribution in [3.05, 3.63) is 71.1 Å². The molecule has 0 N–H and O–H groups in total. The summed E-state index contributed by atoms with van der Waals surface area (Å²) >= 11 is 5.82. The summed E-state index contributed by atoms with van der Waals surface area (Å²) in [5, 5.41) is 0.875. The molecule has 1 aromatic rings. The van der Waals surface area contributed by atoms with Crippen LogP contribution in [0, 0.1) is 5.92 Å². The fraction of sp³-hybridized carbons (Fsp3) is 0.632. The van der Waals surface area contributed by atoms with Crippen LogP contribution in [0.3, 0.4) is 0 Å². The second kappa shape index (κ2) is 24.9. The largest absolute Gasteiger partial charge is 0.340 e. The van der Waals surface area contributed by atoms with Gasteiger partial charge >= 0.3 is 0 Å². The fourth-order valence-corrected chi connectivity index (χ4v) is 5.17. The zero-order valence-electron chi connectivity index (χ0n) is 29.6.